The second-order valence-corrected chi connectivity index (χ2v) is 10.9. The number of aliphatic hydroxyl groups is 1. The van der Waals surface area contributed by atoms with Crippen LogP contribution in [0.5, 0.6) is 5.88 Å². The van der Waals surface area contributed by atoms with Crippen LogP contribution >= 0.6 is 0 Å². The van der Waals surface area contributed by atoms with Gasteiger partial charge in [0.25, 0.3) is 0 Å². The number of allylic oxidation sites excluding steroid dienone is 2. The van der Waals surface area contributed by atoms with Gasteiger partial charge in [0, 0.05) is 67.9 Å². The van der Waals surface area contributed by atoms with E-state index in [1.807, 2.05) is 17.6 Å². The Kier molecular flexibility index (Phi) is 10.9. The van der Waals surface area contributed by atoms with Gasteiger partial charge in [-0.2, -0.15) is 0 Å². The van der Waals surface area contributed by atoms with Crippen molar-refractivity contribution in [1.29, 1.82) is 0 Å². The summed E-state index contributed by atoms with van der Waals surface area (Å²) >= 11 is 0. The molecular weight excluding hydrogens is 619 g/mol. The first-order chi connectivity index (χ1) is 23.3. The summed E-state index contributed by atoms with van der Waals surface area (Å²) in [4.78, 5) is 13.0. The molecule has 0 amide bonds. The minimum absolute atomic E-state index is 0.0162. The zero-order chi connectivity index (χ0) is 34.2. The molecule has 5 aromatic rings. The van der Waals surface area contributed by atoms with Gasteiger partial charge in [-0.1, -0.05) is 25.1 Å². The van der Waals surface area contributed by atoms with E-state index in [2.05, 4.69) is 9.98 Å². The van der Waals surface area contributed by atoms with E-state index in [1.54, 1.807) is 62.7 Å². The fourth-order valence-corrected chi connectivity index (χ4v) is 5.29. The van der Waals surface area contributed by atoms with Crippen LogP contribution in [-0.2, 0) is 24.3 Å². The zero-order valence-electron chi connectivity index (χ0n) is 26.9. The number of imidazole rings is 1. The SMILES string of the molecule is CC/C=C(/O)c1ccc2nc(Cc3cc(F)c(-c4cccc(OCc5ccc(/C(C=NC)=C/N)cc5F)n4)cc3F)n(CCOC)c2c1. The molecule has 0 saturated heterocycles. The molecule has 48 heavy (non-hydrogen) atoms. The Morgan fingerprint density at radius 2 is 1.75 bits per heavy atom. The third-order valence-corrected chi connectivity index (χ3v) is 7.73. The van der Waals surface area contributed by atoms with E-state index in [1.165, 1.54) is 18.5 Å². The molecule has 8 nitrogen and oxygen atoms in total. The number of hydrogen-bond acceptors (Lipinski definition) is 7. The number of benzene rings is 3. The molecule has 0 spiro atoms. The zero-order valence-corrected chi connectivity index (χ0v) is 26.9. The number of nitrogens with zero attached hydrogens (tertiary/aromatic N) is 4. The summed E-state index contributed by atoms with van der Waals surface area (Å²) in [6.07, 6.45) is 5.28. The molecule has 11 heteroatoms. The number of ether oxygens (including phenoxy) is 2. The molecule has 0 fully saturated rings. The Bertz CT molecular complexity index is 2020. The number of halogens is 3. The molecule has 0 unspecified atom stereocenters. The van der Waals surface area contributed by atoms with E-state index in [0.717, 1.165) is 17.6 Å². The number of nitrogens with two attached hydrogens (primary N) is 1. The van der Waals surface area contributed by atoms with Gasteiger partial charge in [0.15, 0.2) is 0 Å². The molecule has 5 rings (SSSR count). The highest BCUT2D eigenvalue weighted by molar-refractivity contribution is 6.09. The van der Waals surface area contributed by atoms with Crippen LogP contribution in [0, 0.1) is 17.5 Å². The van der Waals surface area contributed by atoms with Crippen LogP contribution in [0.3, 0.4) is 0 Å². The Morgan fingerprint density at radius 3 is 2.48 bits per heavy atom. The summed E-state index contributed by atoms with van der Waals surface area (Å²) in [6.45, 7) is 2.59. The van der Waals surface area contributed by atoms with E-state index in [-0.39, 0.29) is 47.1 Å². The maximum Gasteiger partial charge on any atom is 0.214 e. The van der Waals surface area contributed by atoms with E-state index in [9.17, 15) is 9.50 Å². The fraction of sp³-hybridized carbons (Fsp3) is 0.216. The lowest BCUT2D eigenvalue weighted by Crippen LogP contribution is -2.10. The molecule has 2 heterocycles. The van der Waals surface area contributed by atoms with Gasteiger partial charge < -0.3 is 24.9 Å². The molecule has 0 radical (unpaired) electrons. The van der Waals surface area contributed by atoms with Gasteiger partial charge in [-0.15, -0.1) is 0 Å². The number of aliphatic imine (C=N–C) groups is 1. The van der Waals surface area contributed by atoms with E-state index in [0.29, 0.717) is 47.6 Å². The van der Waals surface area contributed by atoms with E-state index < -0.39 is 17.5 Å². The smallest absolute Gasteiger partial charge is 0.214 e. The third-order valence-electron chi connectivity index (χ3n) is 7.73. The first-order valence-electron chi connectivity index (χ1n) is 15.3. The van der Waals surface area contributed by atoms with Crippen LogP contribution < -0.4 is 10.5 Å². The van der Waals surface area contributed by atoms with Gasteiger partial charge in [0.1, 0.15) is 35.6 Å². The van der Waals surface area contributed by atoms with Crippen LogP contribution in [-0.4, -0.2) is 46.6 Å². The summed E-state index contributed by atoms with van der Waals surface area (Å²) in [7, 11) is 3.17. The van der Waals surface area contributed by atoms with Gasteiger partial charge in [-0.05, 0) is 66.1 Å². The predicted molar refractivity (Wildman–Crippen MR) is 182 cm³/mol. The normalized spacial score (nSPS) is 12.4. The molecule has 0 aliphatic heterocycles. The van der Waals surface area contributed by atoms with Crippen LogP contribution in [0.25, 0.3) is 33.6 Å². The van der Waals surface area contributed by atoms with Crippen molar-refractivity contribution in [1.82, 2.24) is 14.5 Å². The van der Waals surface area contributed by atoms with Crippen molar-refractivity contribution < 1.29 is 27.8 Å². The maximum absolute atomic E-state index is 15.6. The maximum atomic E-state index is 15.6. The minimum atomic E-state index is -0.673. The fourth-order valence-electron chi connectivity index (χ4n) is 5.29. The first-order valence-corrected chi connectivity index (χ1v) is 15.3. The van der Waals surface area contributed by atoms with Crippen molar-refractivity contribution in [2.75, 3.05) is 20.8 Å². The second kappa shape index (κ2) is 15.4. The van der Waals surface area contributed by atoms with Crippen LogP contribution in [0.2, 0.25) is 0 Å². The molecule has 0 aliphatic rings. The molecule has 0 saturated carbocycles. The highest BCUT2D eigenvalue weighted by Crippen LogP contribution is 2.29. The molecular formula is C37H36F3N5O3. The topological polar surface area (TPSA) is 108 Å². The summed E-state index contributed by atoms with van der Waals surface area (Å²) in [5.74, 6) is -1.01. The highest BCUT2D eigenvalue weighted by Gasteiger charge is 2.18. The first kappa shape index (κ1) is 33.9. The third kappa shape index (κ3) is 7.58. The lowest BCUT2D eigenvalue weighted by molar-refractivity contribution is 0.187. The molecule has 3 aromatic carbocycles. The number of fused-ring (bicyclic) bond motifs is 1. The van der Waals surface area contributed by atoms with Crippen molar-refractivity contribution in [3.63, 3.8) is 0 Å². The largest absolute Gasteiger partial charge is 0.508 e. The lowest BCUT2D eigenvalue weighted by atomic mass is 10.0. The van der Waals surface area contributed by atoms with Crippen molar-refractivity contribution in [3.05, 3.63) is 125 Å². The van der Waals surface area contributed by atoms with Crippen molar-refractivity contribution in [2.45, 2.75) is 32.9 Å². The molecule has 0 atom stereocenters. The summed E-state index contributed by atoms with van der Waals surface area (Å²) in [6, 6.07) is 16.9. The number of aromatic nitrogens is 3. The Hall–Kier alpha value is -5.42. The van der Waals surface area contributed by atoms with Crippen LogP contribution in [0.1, 0.15) is 41.4 Å². The average molecular weight is 656 g/mol. The van der Waals surface area contributed by atoms with Crippen LogP contribution in [0.4, 0.5) is 13.2 Å². The number of methoxy groups -OCH3 is 1. The molecule has 0 bridgehead atoms. The minimum Gasteiger partial charge on any atom is -0.508 e. The summed E-state index contributed by atoms with van der Waals surface area (Å²) < 4.78 is 58.9. The van der Waals surface area contributed by atoms with Crippen molar-refractivity contribution in [2.24, 2.45) is 10.7 Å². The number of aliphatic hydroxyl groups excluding tert-OH is 1. The van der Waals surface area contributed by atoms with Crippen molar-refractivity contribution >= 4 is 28.6 Å². The number of hydrogen-bond donors (Lipinski definition) is 2. The summed E-state index contributed by atoms with van der Waals surface area (Å²) in [5.41, 5.74) is 9.28. The Labute approximate surface area is 276 Å². The summed E-state index contributed by atoms with van der Waals surface area (Å²) in [5, 5.41) is 10.4. The Morgan fingerprint density at radius 1 is 0.958 bits per heavy atom. The van der Waals surface area contributed by atoms with Gasteiger partial charge in [0.2, 0.25) is 5.88 Å². The predicted octanol–water partition coefficient (Wildman–Crippen LogP) is 7.64. The van der Waals surface area contributed by atoms with Gasteiger partial charge >= 0.3 is 0 Å². The number of rotatable bonds is 13. The molecule has 2 aromatic heterocycles. The van der Waals surface area contributed by atoms with Crippen LogP contribution in [0.15, 0.2) is 84.0 Å². The molecule has 248 valence electrons. The highest BCUT2D eigenvalue weighted by atomic mass is 19.1. The molecule has 3 N–H and O–H groups in total. The van der Waals surface area contributed by atoms with Gasteiger partial charge in [-0.25, -0.2) is 23.1 Å². The van der Waals surface area contributed by atoms with Crippen molar-refractivity contribution in [3.8, 4) is 17.1 Å². The lowest BCUT2D eigenvalue weighted by Gasteiger charge is -2.12. The number of pyridine rings is 1. The van der Waals surface area contributed by atoms with E-state index >= 15 is 8.78 Å². The standard InChI is InChI=1S/C37H36F3N5O3/c1-4-6-35(46)24-11-12-33-34(17-24)45(13-14-47-3)36(43-33)18-26-16-31(40)28(19-30(26)39)32-7-5-8-37(44-32)48-22-25-10-9-23(15-29(25)38)27(20-41)21-42-2/h5-12,15-17,19-21,46H,4,13-14,18,22,41H2,1-3H3/b27-20+,35-6+,42-21?. The quantitative estimate of drug-likeness (QED) is 0.0998. The van der Waals surface area contributed by atoms with E-state index in [4.69, 9.17) is 20.2 Å². The Balaban J connectivity index is 1.37. The monoisotopic (exact) mass is 655 g/mol. The van der Waals surface area contributed by atoms with Gasteiger partial charge in [0.05, 0.1) is 23.3 Å². The average Bonchev–Trinajstić information content (AvgIpc) is 3.43. The second-order valence-electron chi connectivity index (χ2n) is 10.9. The van der Waals surface area contributed by atoms with Gasteiger partial charge in [-0.3, -0.25) is 4.99 Å². The molecule has 0 aliphatic carbocycles.